The lowest BCUT2D eigenvalue weighted by atomic mass is 10.1. The molecule has 1 aromatic carbocycles. The fourth-order valence-corrected chi connectivity index (χ4v) is 2.57. The van der Waals surface area contributed by atoms with Crippen molar-refractivity contribution in [2.75, 3.05) is 19.8 Å². The van der Waals surface area contributed by atoms with E-state index >= 15 is 0 Å². The van der Waals surface area contributed by atoms with Crippen LogP contribution >= 0.6 is 35.7 Å². The molecule has 0 saturated carbocycles. The molecule has 7 heteroatoms. The zero-order valence-corrected chi connectivity index (χ0v) is 19.2. The summed E-state index contributed by atoms with van der Waals surface area (Å²) in [5, 5.41) is 6.73. The summed E-state index contributed by atoms with van der Waals surface area (Å²) in [6.45, 7) is 6.87. The number of aryl methyl sites for hydroxylation is 2. The van der Waals surface area contributed by atoms with Crippen LogP contribution in [0.1, 0.15) is 25.2 Å². The first-order valence-corrected chi connectivity index (χ1v) is 9.80. The molecule has 0 aliphatic rings. The topological polar surface area (TPSA) is 54.2 Å². The van der Waals surface area contributed by atoms with Crippen molar-refractivity contribution in [1.82, 2.24) is 20.2 Å². The van der Waals surface area contributed by atoms with Gasteiger partial charge < -0.3 is 15.2 Å². The lowest BCUT2D eigenvalue weighted by Gasteiger charge is -2.23. The van der Waals surface area contributed by atoms with Crippen molar-refractivity contribution < 1.29 is 0 Å². The predicted octanol–water partition coefficient (Wildman–Crippen LogP) is 3.55. The average Bonchev–Trinajstić information content (AvgIpc) is 3.08. The second kappa shape index (κ2) is 11.5. The first-order chi connectivity index (χ1) is 12.0. The molecule has 0 amide bonds. The highest BCUT2D eigenvalue weighted by Gasteiger charge is 2.16. The average molecular weight is 487 g/mol. The van der Waals surface area contributed by atoms with Gasteiger partial charge in [0.1, 0.15) is 5.82 Å². The summed E-state index contributed by atoms with van der Waals surface area (Å²) in [6.07, 6.45) is 7.02. The normalized spacial score (nSPS) is 11.8. The third kappa shape index (κ3) is 7.57. The number of hydrogen-bond acceptors (Lipinski definition) is 3. The maximum atomic E-state index is 4.47. The van der Waals surface area contributed by atoms with Gasteiger partial charge in [-0.05, 0) is 32.1 Å². The molecule has 2 N–H and O–H groups in total. The molecule has 0 radical (unpaired) electrons. The second-order valence-electron chi connectivity index (χ2n) is 6.52. The van der Waals surface area contributed by atoms with E-state index in [0.717, 1.165) is 31.3 Å². The van der Waals surface area contributed by atoms with Crippen LogP contribution in [0.25, 0.3) is 0 Å². The lowest BCUT2D eigenvalue weighted by molar-refractivity contribution is 0.626. The summed E-state index contributed by atoms with van der Waals surface area (Å²) in [5.74, 6) is 1.82. The Morgan fingerprint density at radius 3 is 2.62 bits per heavy atom. The Morgan fingerprint density at radius 2 is 1.96 bits per heavy atom. The maximum absolute atomic E-state index is 4.47. The number of nitrogens with one attached hydrogen (secondary N) is 2. The van der Waals surface area contributed by atoms with E-state index in [1.807, 2.05) is 30.2 Å². The Labute approximate surface area is 178 Å². The molecule has 1 aromatic heterocycles. The minimum atomic E-state index is 0. The standard InChI is InChI=1S/C19H29N5S.HI/c1-19(2,25-4)15-23-18(20-3)22-14-17-21-11-13-24(17)12-10-16-8-6-5-7-9-16;/h5-9,11,13H,10,12,14-15H2,1-4H3,(H2,20,22,23);1H. The Bertz CT molecular complexity index is 670. The number of halogens is 1. The van der Waals surface area contributed by atoms with Crippen LogP contribution in [-0.4, -0.2) is 40.1 Å². The lowest BCUT2D eigenvalue weighted by Crippen LogP contribution is -2.43. The smallest absolute Gasteiger partial charge is 0.191 e. The monoisotopic (exact) mass is 487 g/mol. The zero-order valence-electron chi connectivity index (χ0n) is 16.0. The van der Waals surface area contributed by atoms with Gasteiger partial charge in [0, 0.05) is 37.3 Å². The van der Waals surface area contributed by atoms with Crippen molar-refractivity contribution in [2.45, 2.75) is 38.1 Å². The van der Waals surface area contributed by atoms with Gasteiger partial charge in [0.15, 0.2) is 5.96 Å². The number of aromatic nitrogens is 2. The van der Waals surface area contributed by atoms with Crippen molar-refractivity contribution in [3.8, 4) is 0 Å². The minimum Gasteiger partial charge on any atom is -0.355 e. The van der Waals surface area contributed by atoms with Crippen molar-refractivity contribution in [3.05, 3.63) is 54.1 Å². The van der Waals surface area contributed by atoms with Gasteiger partial charge in [0.25, 0.3) is 0 Å². The molecule has 0 aliphatic heterocycles. The number of nitrogens with zero attached hydrogens (tertiary/aromatic N) is 3. The van der Waals surface area contributed by atoms with Crippen molar-refractivity contribution in [3.63, 3.8) is 0 Å². The molecule has 0 aliphatic carbocycles. The van der Waals surface area contributed by atoms with E-state index in [4.69, 9.17) is 0 Å². The van der Waals surface area contributed by atoms with Gasteiger partial charge in [-0.25, -0.2) is 4.98 Å². The molecule has 2 rings (SSSR count). The number of thioether (sulfide) groups is 1. The predicted molar refractivity (Wildman–Crippen MR) is 124 cm³/mol. The van der Waals surface area contributed by atoms with Gasteiger partial charge in [0.05, 0.1) is 6.54 Å². The molecular weight excluding hydrogens is 457 g/mol. The zero-order chi connectivity index (χ0) is 18.1. The fraction of sp³-hybridized carbons (Fsp3) is 0.474. The summed E-state index contributed by atoms with van der Waals surface area (Å²) in [4.78, 5) is 8.77. The van der Waals surface area contributed by atoms with Gasteiger partial charge in [-0.1, -0.05) is 30.3 Å². The van der Waals surface area contributed by atoms with Crippen LogP contribution < -0.4 is 10.6 Å². The maximum Gasteiger partial charge on any atom is 0.191 e. The highest BCUT2D eigenvalue weighted by Crippen LogP contribution is 2.19. The largest absolute Gasteiger partial charge is 0.355 e. The number of rotatable bonds is 8. The van der Waals surface area contributed by atoms with E-state index in [0.29, 0.717) is 6.54 Å². The van der Waals surface area contributed by atoms with E-state index < -0.39 is 0 Å². The molecule has 1 heterocycles. The third-order valence-corrected chi connectivity index (χ3v) is 5.41. The number of guanidine groups is 1. The minimum absolute atomic E-state index is 0. The van der Waals surface area contributed by atoms with Crippen LogP contribution in [0.15, 0.2) is 47.7 Å². The Hall–Kier alpha value is -1.22. The van der Waals surface area contributed by atoms with Crippen molar-refractivity contribution in [1.29, 1.82) is 0 Å². The first kappa shape index (κ1) is 22.8. The summed E-state index contributed by atoms with van der Waals surface area (Å²) < 4.78 is 2.37. The first-order valence-electron chi connectivity index (χ1n) is 8.57. The molecule has 26 heavy (non-hydrogen) atoms. The van der Waals surface area contributed by atoms with E-state index in [1.54, 1.807) is 7.05 Å². The number of benzene rings is 1. The van der Waals surface area contributed by atoms with Crippen molar-refractivity contribution >= 4 is 41.7 Å². The van der Waals surface area contributed by atoms with E-state index in [2.05, 4.69) is 69.5 Å². The Kier molecular flexibility index (Phi) is 10.1. The molecule has 2 aromatic rings. The second-order valence-corrected chi connectivity index (χ2v) is 8.03. The quantitative estimate of drug-likeness (QED) is 0.340. The van der Waals surface area contributed by atoms with Crippen molar-refractivity contribution in [2.24, 2.45) is 4.99 Å². The number of hydrogen-bond donors (Lipinski definition) is 2. The van der Waals surface area contributed by atoms with Gasteiger partial charge in [-0.2, -0.15) is 11.8 Å². The Morgan fingerprint density at radius 1 is 1.23 bits per heavy atom. The summed E-state index contributed by atoms with van der Waals surface area (Å²) in [7, 11) is 1.79. The third-order valence-electron chi connectivity index (χ3n) is 4.16. The Balaban J connectivity index is 0.00000338. The summed E-state index contributed by atoms with van der Waals surface area (Å²) in [5.41, 5.74) is 1.34. The van der Waals surface area contributed by atoms with Crippen LogP contribution in [-0.2, 0) is 19.5 Å². The molecule has 0 unspecified atom stereocenters. The van der Waals surface area contributed by atoms with Crippen LogP contribution in [0.5, 0.6) is 0 Å². The van der Waals surface area contributed by atoms with Crippen LogP contribution in [0, 0.1) is 0 Å². The summed E-state index contributed by atoms with van der Waals surface area (Å²) in [6, 6.07) is 10.5. The highest BCUT2D eigenvalue weighted by atomic mass is 127. The molecule has 0 atom stereocenters. The van der Waals surface area contributed by atoms with Crippen LogP contribution in [0.3, 0.4) is 0 Å². The van der Waals surface area contributed by atoms with E-state index in [-0.39, 0.29) is 28.7 Å². The van der Waals surface area contributed by atoms with E-state index in [1.165, 1.54) is 5.56 Å². The molecule has 5 nitrogen and oxygen atoms in total. The molecular formula is C19H30IN5S. The summed E-state index contributed by atoms with van der Waals surface area (Å²) >= 11 is 1.84. The van der Waals surface area contributed by atoms with E-state index in [9.17, 15) is 0 Å². The molecule has 144 valence electrons. The molecule has 0 spiro atoms. The van der Waals surface area contributed by atoms with Crippen LogP contribution in [0.4, 0.5) is 0 Å². The van der Waals surface area contributed by atoms with Gasteiger partial charge in [-0.15, -0.1) is 24.0 Å². The molecule has 0 bridgehead atoms. The molecule has 0 fully saturated rings. The SMILES string of the molecule is CN=C(NCc1nccn1CCc1ccccc1)NCC(C)(C)SC.I. The van der Waals surface area contributed by atoms with Gasteiger partial charge in [-0.3, -0.25) is 4.99 Å². The highest BCUT2D eigenvalue weighted by molar-refractivity contribution is 14.0. The number of aliphatic imine (C=N–C) groups is 1. The fourth-order valence-electron chi connectivity index (χ4n) is 2.36. The molecule has 0 saturated heterocycles. The van der Waals surface area contributed by atoms with Gasteiger partial charge in [0.2, 0.25) is 0 Å². The van der Waals surface area contributed by atoms with Crippen LogP contribution in [0.2, 0.25) is 0 Å². The van der Waals surface area contributed by atoms with Gasteiger partial charge >= 0.3 is 0 Å². The number of imidazole rings is 1.